The molecule has 1 aliphatic heterocycles. The highest BCUT2D eigenvalue weighted by Gasteiger charge is 2.27. The number of carbonyl (C=O) groups is 1. The molecule has 1 fully saturated rings. The molecule has 0 amide bonds. The number of carbonyl (C=O) groups excluding carboxylic acids is 1. The van der Waals surface area contributed by atoms with E-state index in [2.05, 4.69) is 15.2 Å². The van der Waals surface area contributed by atoms with Crippen molar-refractivity contribution >= 4 is 17.2 Å². The van der Waals surface area contributed by atoms with E-state index in [1.165, 1.54) is 10.7 Å². The topological polar surface area (TPSA) is 83.4 Å². The Morgan fingerprint density at radius 3 is 3.11 bits per heavy atom. The van der Waals surface area contributed by atoms with Crippen molar-refractivity contribution in [3.8, 4) is 0 Å². The number of fused-ring (bicyclic) bond motifs is 1. The molecule has 7 heteroatoms. The first-order valence-corrected chi connectivity index (χ1v) is 6.36. The van der Waals surface area contributed by atoms with E-state index in [0.717, 1.165) is 25.8 Å². The van der Waals surface area contributed by atoms with E-state index >= 15 is 0 Å². The molecule has 0 spiro atoms. The number of nitrogens with one attached hydrogen (secondary N) is 1. The van der Waals surface area contributed by atoms with E-state index in [4.69, 9.17) is 0 Å². The van der Waals surface area contributed by atoms with Gasteiger partial charge in [0, 0.05) is 12.6 Å². The van der Waals surface area contributed by atoms with Crippen molar-refractivity contribution in [2.24, 2.45) is 0 Å². The molecule has 0 saturated carbocycles. The van der Waals surface area contributed by atoms with Gasteiger partial charge in [-0.05, 0) is 26.2 Å². The highest BCUT2D eigenvalue weighted by molar-refractivity contribution is 5.85. The minimum Gasteiger partial charge on any atom is -0.346 e. The van der Waals surface area contributed by atoms with E-state index in [1.807, 2.05) is 4.90 Å². The largest absolute Gasteiger partial charge is 0.348 e. The summed E-state index contributed by atoms with van der Waals surface area (Å²) < 4.78 is 1.34. The second kappa shape index (κ2) is 4.49. The molecule has 19 heavy (non-hydrogen) atoms. The predicted octanol–water partition coefficient (Wildman–Crippen LogP) is 0.365. The van der Waals surface area contributed by atoms with Crippen LogP contribution >= 0.6 is 0 Å². The fourth-order valence-electron chi connectivity index (χ4n) is 2.59. The Morgan fingerprint density at radius 2 is 2.32 bits per heavy atom. The minimum atomic E-state index is -0.309. The molecule has 3 heterocycles. The van der Waals surface area contributed by atoms with Gasteiger partial charge in [-0.2, -0.15) is 5.10 Å². The second-order valence-corrected chi connectivity index (χ2v) is 4.82. The predicted molar refractivity (Wildman–Crippen MR) is 69.3 cm³/mol. The number of aromatic nitrogens is 4. The maximum absolute atomic E-state index is 11.7. The third-order valence-electron chi connectivity index (χ3n) is 3.56. The van der Waals surface area contributed by atoms with Crippen LogP contribution in [0.3, 0.4) is 0 Å². The van der Waals surface area contributed by atoms with Crippen molar-refractivity contribution in [2.45, 2.75) is 32.2 Å². The average molecular weight is 261 g/mol. The first-order chi connectivity index (χ1) is 9.16. The second-order valence-electron chi connectivity index (χ2n) is 4.82. The van der Waals surface area contributed by atoms with E-state index in [-0.39, 0.29) is 17.5 Å². The highest BCUT2D eigenvalue weighted by atomic mass is 16.1. The zero-order valence-corrected chi connectivity index (χ0v) is 10.7. The summed E-state index contributed by atoms with van der Waals surface area (Å²) in [5.41, 5.74) is 0.207. The molecule has 1 aliphatic rings. The number of ketones is 1. The highest BCUT2D eigenvalue weighted by Crippen LogP contribution is 2.23. The number of rotatable bonds is 2. The molecule has 7 nitrogen and oxygen atoms in total. The van der Waals surface area contributed by atoms with Crippen LogP contribution in [0.2, 0.25) is 0 Å². The third kappa shape index (κ3) is 2.00. The van der Waals surface area contributed by atoms with Gasteiger partial charge >= 0.3 is 5.69 Å². The SMILES string of the molecule is CC(=O)C1CCCCN1c1cc2n[nH]c(=O)n2cn1. The van der Waals surface area contributed by atoms with Crippen LogP contribution in [0.25, 0.3) is 5.65 Å². The number of H-pyrrole nitrogens is 1. The summed E-state index contributed by atoms with van der Waals surface area (Å²) in [6, 6.07) is 1.62. The summed E-state index contributed by atoms with van der Waals surface area (Å²) in [6.07, 6.45) is 4.41. The monoisotopic (exact) mass is 261 g/mol. The Balaban J connectivity index is 2.02. The van der Waals surface area contributed by atoms with E-state index in [1.54, 1.807) is 13.0 Å². The van der Waals surface area contributed by atoms with Gasteiger partial charge in [-0.1, -0.05) is 0 Å². The molecule has 0 bridgehead atoms. The fraction of sp³-hybridized carbons (Fsp3) is 0.500. The normalized spacial score (nSPS) is 19.8. The van der Waals surface area contributed by atoms with Crippen LogP contribution < -0.4 is 10.6 Å². The van der Waals surface area contributed by atoms with Gasteiger partial charge in [-0.15, -0.1) is 0 Å². The molecule has 3 rings (SSSR count). The standard InChI is InChI=1S/C12H15N5O2/c1-8(18)9-4-2-3-5-16(9)10-6-11-14-15-12(19)17(11)7-13-10/h6-7,9H,2-5H2,1H3,(H,15,19). The molecule has 0 aromatic carbocycles. The number of anilines is 1. The summed E-state index contributed by atoms with van der Waals surface area (Å²) >= 11 is 0. The summed E-state index contributed by atoms with van der Waals surface area (Å²) in [5.74, 6) is 0.854. The number of piperidine rings is 1. The number of aromatic amines is 1. The van der Waals surface area contributed by atoms with Crippen LogP contribution in [0.1, 0.15) is 26.2 Å². The van der Waals surface area contributed by atoms with Crippen molar-refractivity contribution < 1.29 is 4.79 Å². The molecular formula is C12H15N5O2. The van der Waals surface area contributed by atoms with Crippen LogP contribution in [-0.4, -0.2) is 38.0 Å². The van der Waals surface area contributed by atoms with Gasteiger partial charge in [0.05, 0.1) is 6.04 Å². The van der Waals surface area contributed by atoms with Crippen molar-refractivity contribution in [2.75, 3.05) is 11.4 Å². The van der Waals surface area contributed by atoms with E-state index in [9.17, 15) is 9.59 Å². The van der Waals surface area contributed by atoms with Crippen LogP contribution in [-0.2, 0) is 4.79 Å². The Kier molecular flexibility index (Phi) is 2.81. The van der Waals surface area contributed by atoms with E-state index in [0.29, 0.717) is 11.5 Å². The molecule has 2 aromatic heterocycles. The lowest BCUT2D eigenvalue weighted by atomic mass is 9.99. The van der Waals surface area contributed by atoms with Gasteiger partial charge in [0.15, 0.2) is 11.4 Å². The van der Waals surface area contributed by atoms with Crippen molar-refractivity contribution in [1.29, 1.82) is 0 Å². The molecule has 0 radical (unpaired) electrons. The molecule has 1 unspecified atom stereocenters. The van der Waals surface area contributed by atoms with Crippen molar-refractivity contribution in [3.05, 3.63) is 22.9 Å². The smallest absolute Gasteiger partial charge is 0.346 e. The number of hydrogen-bond acceptors (Lipinski definition) is 5. The van der Waals surface area contributed by atoms with Crippen molar-refractivity contribution in [3.63, 3.8) is 0 Å². The average Bonchev–Trinajstić information content (AvgIpc) is 2.80. The van der Waals surface area contributed by atoms with Crippen LogP contribution in [0, 0.1) is 0 Å². The number of Topliss-reactive ketones (excluding diaryl/α,β-unsaturated/α-hetero) is 1. The molecule has 2 aromatic rings. The first-order valence-electron chi connectivity index (χ1n) is 6.36. The summed E-state index contributed by atoms with van der Waals surface area (Å²) in [4.78, 5) is 29.4. The van der Waals surface area contributed by atoms with Crippen LogP contribution in [0.5, 0.6) is 0 Å². The molecule has 1 saturated heterocycles. The lowest BCUT2D eigenvalue weighted by Crippen LogP contribution is -2.44. The Labute approximate surface area is 109 Å². The Bertz CT molecular complexity index is 674. The van der Waals surface area contributed by atoms with Gasteiger partial charge in [-0.25, -0.2) is 19.3 Å². The fourth-order valence-corrected chi connectivity index (χ4v) is 2.59. The summed E-state index contributed by atoms with van der Waals surface area (Å²) in [6.45, 7) is 2.42. The van der Waals surface area contributed by atoms with Gasteiger partial charge in [0.25, 0.3) is 0 Å². The summed E-state index contributed by atoms with van der Waals surface area (Å²) in [7, 11) is 0. The minimum absolute atomic E-state index is 0.116. The molecule has 100 valence electrons. The van der Waals surface area contributed by atoms with E-state index < -0.39 is 0 Å². The van der Waals surface area contributed by atoms with Crippen LogP contribution in [0.15, 0.2) is 17.2 Å². The first kappa shape index (κ1) is 11.9. The molecule has 1 atom stereocenters. The third-order valence-corrected chi connectivity index (χ3v) is 3.56. The lowest BCUT2D eigenvalue weighted by molar-refractivity contribution is -0.118. The van der Waals surface area contributed by atoms with Gasteiger partial charge in [0.1, 0.15) is 12.1 Å². The zero-order valence-electron chi connectivity index (χ0n) is 10.7. The van der Waals surface area contributed by atoms with Crippen molar-refractivity contribution in [1.82, 2.24) is 19.6 Å². The van der Waals surface area contributed by atoms with Gasteiger partial charge in [-0.3, -0.25) is 4.79 Å². The van der Waals surface area contributed by atoms with Gasteiger partial charge in [0.2, 0.25) is 0 Å². The molecular weight excluding hydrogens is 246 g/mol. The number of nitrogens with zero attached hydrogens (tertiary/aromatic N) is 4. The van der Waals surface area contributed by atoms with Crippen LogP contribution in [0.4, 0.5) is 5.82 Å². The lowest BCUT2D eigenvalue weighted by Gasteiger charge is -2.34. The Hall–Kier alpha value is -2.18. The van der Waals surface area contributed by atoms with Gasteiger partial charge < -0.3 is 4.90 Å². The number of hydrogen-bond donors (Lipinski definition) is 1. The maximum Gasteiger partial charge on any atom is 0.348 e. The molecule has 1 N–H and O–H groups in total. The zero-order chi connectivity index (χ0) is 13.4. The Morgan fingerprint density at radius 1 is 1.47 bits per heavy atom. The maximum atomic E-state index is 11.7. The molecule has 0 aliphatic carbocycles. The summed E-state index contributed by atoms with van der Waals surface area (Å²) in [5, 5.41) is 6.29. The quantitative estimate of drug-likeness (QED) is 0.844.